The predicted octanol–water partition coefficient (Wildman–Crippen LogP) is 1.40. The predicted molar refractivity (Wildman–Crippen MR) is 77.6 cm³/mol. The van der Waals surface area contributed by atoms with Gasteiger partial charge in [-0.1, -0.05) is 12.8 Å². The lowest BCUT2D eigenvalue weighted by atomic mass is 9.92. The molecule has 0 atom stereocenters. The van der Waals surface area contributed by atoms with Crippen molar-refractivity contribution in [1.82, 2.24) is 15.1 Å². The summed E-state index contributed by atoms with van der Waals surface area (Å²) in [6, 6.07) is 1.74. The summed E-state index contributed by atoms with van der Waals surface area (Å²) < 4.78 is 0. The van der Waals surface area contributed by atoms with Gasteiger partial charge in [-0.3, -0.25) is 14.7 Å². The number of aromatic nitrogens is 2. The number of aromatic amines is 1. The molecule has 3 N–H and O–H groups in total. The second-order valence-corrected chi connectivity index (χ2v) is 6.15. The van der Waals surface area contributed by atoms with Gasteiger partial charge in [0.05, 0.1) is 0 Å². The fraction of sp³-hybridized carbons (Fsp3) is 0.667. The summed E-state index contributed by atoms with van der Waals surface area (Å²) in [5.41, 5.74) is 6.46. The molecule has 6 nitrogen and oxygen atoms in total. The molecule has 1 aromatic heterocycles. The number of hydrogen-bond acceptors (Lipinski definition) is 3. The summed E-state index contributed by atoms with van der Waals surface area (Å²) in [7, 11) is 0. The normalized spacial score (nSPS) is 20.9. The van der Waals surface area contributed by atoms with Gasteiger partial charge in [-0.25, -0.2) is 0 Å². The van der Waals surface area contributed by atoms with E-state index in [0.29, 0.717) is 11.8 Å². The maximum atomic E-state index is 12.4. The van der Waals surface area contributed by atoms with E-state index in [2.05, 4.69) is 10.2 Å². The van der Waals surface area contributed by atoms with Crippen LogP contribution in [0.1, 0.15) is 60.6 Å². The zero-order chi connectivity index (χ0) is 14.8. The second-order valence-electron chi connectivity index (χ2n) is 6.15. The number of hydrogen-bond donors (Lipinski definition) is 2. The number of nitrogens with two attached hydrogens (primary N) is 1. The average molecular weight is 290 g/mol. The van der Waals surface area contributed by atoms with Crippen molar-refractivity contribution in [2.45, 2.75) is 44.4 Å². The van der Waals surface area contributed by atoms with Crippen LogP contribution < -0.4 is 5.73 Å². The minimum Gasteiger partial charge on any atom is -0.364 e. The van der Waals surface area contributed by atoms with Crippen molar-refractivity contribution >= 4 is 11.8 Å². The highest BCUT2D eigenvalue weighted by molar-refractivity contribution is 5.90. The lowest BCUT2D eigenvalue weighted by molar-refractivity contribution is -0.136. The smallest absolute Gasteiger partial charge is 0.269 e. The van der Waals surface area contributed by atoms with E-state index < -0.39 is 5.91 Å². The zero-order valence-corrected chi connectivity index (χ0v) is 12.2. The quantitative estimate of drug-likeness (QED) is 0.881. The van der Waals surface area contributed by atoms with Crippen molar-refractivity contribution in [3.8, 4) is 0 Å². The molecule has 114 valence electrons. The summed E-state index contributed by atoms with van der Waals surface area (Å²) in [4.78, 5) is 25.5. The number of piperidine rings is 1. The van der Waals surface area contributed by atoms with E-state index in [9.17, 15) is 9.59 Å². The van der Waals surface area contributed by atoms with Crippen LogP contribution in [0, 0.1) is 5.92 Å². The molecule has 6 heteroatoms. The van der Waals surface area contributed by atoms with Gasteiger partial charge in [0.15, 0.2) is 0 Å². The largest absolute Gasteiger partial charge is 0.364 e. The topological polar surface area (TPSA) is 92.1 Å². The van der Waals surface area contributed by atoms with Crippen molar-refractivity contribution in [3.63, 3.8) is 0 Å². The van der Waals surface area contributed by atoms with Crippen molar-refractivity contribution < 1.29 is 9.59 Å². The van der Waals surface area contributed by atoms with Crippen molar-refractivity contribution in [1.29, 1.82) is 0 Å². The first kappa shape index (κ1) is 14.1. The molecule has 0 aromatic carbocycles. The molecule has 1 saturated heterocycles. The molecule has 21 heavy (non-hydrogen) atoms. The molecule has 1 aliphatic heterocycles. The summed E-state index contributed by atoms with van der Waals surface area (Å²) >= 11 is 0. The number of carbonyl (C=O) groups excluding carboxylic acids is 2. The number of primary amides is 1. The Bertz CT molecular complexity index is 526. The lowest BCUT2D eigenvalue weighted by Crippen LogP contribution is -2.40. The molecular formula is C15H22N4O2. The maximum absolute atomic E-state index is 12.4. The Kier molecular flexibility index (Phi) is 3.94. The molecule has 2 fully saturated rings. The molecular weight excluding hydrogens is 268 g/mol. The van der Waals surface area contributed by atoms with Crippen LogP contribution in [0.25, 0.3) is 0 Å². The van der Waals surface area contributed by atoms with Gasteiger partial charge in [0, 0.05) is 30.6 Å². The molecule has 0 radical (unpaired) electrons. The molecule has 3 rings (SSSR count). The first-order chi connectivity index (χ1) is 10.1. The minimum absolute atomic E-state index is 0.259. The molecule has 2 aliphatic rings. The van der Waals surface area contributed by atoms with Crippen LogP contribution in [0.15, 0.2) is 6.07 Å². The van der Waals surface area contributed by atoms with Crippen molar-refractivity contribution in [3.05, 3.63) is 17.5 Å². The Morgan fingerprint density at radius 1 is 1.19 bits per heavy atom. The molecule has 1 saturated carbocycles. The van der Waals surface area contributed by atoms with E-state index in [-0.39, 0.29) is 11.6 Å². The lowest BCUT2D eigenvalue weighted by Gasteiger charge is -2.33. The summed E-state index contributed by atoms with van der Waals surface area (Å²) in [6.07, 6.45) is 6.33. The Morgan fingerprint density at radius 2 is 1.86 bits per heavy atom. The molecule has 0 bridgehead atoms. The Morgan fingerprint density at radius 3 is 2.43 bits per heavy atom. The third-order valence-corrected chi connectivity index (χ3v) is 4.80. The van der Waals surface area contributed by atoms with Gasteiger partial charge in [-0.2, -0.15) is 5.10 Å². The fourth-order valence-corrected chi connectivity index (χ4v) is 3.51. The standard InChI is InChI=1S/C15H22N4O2/c16-14(20)13-9-12(17-18-13)10-5-7-19(8-6-10)15(21)11-3-1-2-4-11/h9-11H,1-8H2,(H2,16,20)(H,17,18). The van der Waals surface area contributed by atoms with Gasteiger partial charge in [0.2, 0.25) is 5.91 Å². The maximum Gasteiger partial charge on any atom is 0.269 e. The van der Waals surface area contributed by atoms with Crippen LogP contribution in [-0.2, 0) is 4.79 Å². The fourth-order valence-electron chi connectivity index (χ4n) is 3.51. The zero-order valence-electron chi connectivity index (χ0n) is 12.2. The van der Waals surface area contributed by atoms with E-state index in [1.165, 1.54) is 12.8 Å². The van der Waals surface area contributed by atoms with E-state index in [1.807, 2.05) is 4.90 Å². The number of likely N-dealkylation sites (tertiary alicyclic amines) is 1. The molecule has 0 spiro atoms. The SMILES string of the molecule is NC(=O)c1cc(C2CCN(C(=O)C3CCCC3)CC2)[nH]n1. The average Bonchev–Trinajstić information content (AvgIpc) is 3.18. The number of amides is 2. The van der Waals surface area contributed by atoms with Gasteiger partial charge in [-0.15, -0.1) is 0 Å². The third kappa shape index (κ3) is 2.94. The molecule has 1 aliphatic carbocycles. The Labute approximate surface area is 124 Å². The Balaban J connectivity index is 1.56. The highest BCUT2D eigenvalue weighted by Gasteiger charge is 2.30. The van der Waals surface area contributed by atoms with Gasteiger partial charge >= 0.3 is 0 Å². The minimum atomic E-state index is -0.508. The van der Waals surface area contributed by atoms with Crippen LogP contribution in [0.5, 0.6) is 0 Å². The van der Waals surface area contributed by atoms with Gasteiger partial charge in [-0.05, 0) is 31.7 Å². The second kappa shape index (κ2) is 5.87. The third-order valence-electron chi connectivity index (χ3n) is 4.80. The molecule has 2 amide bonds. The van der Waals surface area contributed by atoms with Crippen LogP contribution in [0.2, 0.25) is 0 Å². The molecule has 2 heterocycles. The number of carbonyl (C=O) groups is 2. The van der Waals surface area contributed by atoms with E-state index in [4.69, 9.17) is 5.73 Å². The first-order valence-electron chi connectivity index (χ1n) is 7.79. The van der Waals surface area contributed by atoms with Gasteiger partial charge in [0.25, 0.3) is 5.91 Å². The van der Waals surface area contributed by atoms with E-state index in [1.54, 1.807) is 6.07 Å². The molecule has 1 aromatic rings. The van der Waals surface area contributed by atoms with Gasteiger partial charge < -0.3 is 10.6 Å². The summed E-state index contributed by atoms with van der Waals surface area (Å²) in [5, 5.41) is 6.83. The van der Waals surface area contributed by atoms with Gasteiger partial charge in [0.1, 0.15) is 5.69 Å². The van der Waals surface area contributed by atoms with E-state index in [0.717, 1.165) is 44.5 Å². The van der Waals surface area contributed by atoms with Crippen molar-refractivity contribution in [2.75, 3.05) is 13.1 Å². The van der Waals surface area contributed by atoms with Crippen LogP contribution >= 0.6 is 0 Å². The highest BCUT2D eigenvalue weighted by Crippen LogP contribution is 2.31. The van der Waals surface area contributed by atoms with Crippen LogP contribution in [-0.4, -0.2) is 40.0 Å². The number of nitrogens with zero attached hydrogens (tertiary/aromatic N) is 2. The summed E-state index contributed by atoms with van der Waals surface area (Å²) in [5.74, 6) is 0.424. The summed E-state index contributed by atoms with van der Waals surface area (Å²) in [6.45, 7) is 1.59. The highest BCUT2D eigenvalue weighted by atomic mass is 16.2. The molecule has 0 unspecified atom stereocenters. The van der Waals surface area contributed by atoms with Crippen molar-refractivity contribution in [2.24, 2.45) is 11.7 Å². The monoisotopic (exact) mass is 290 g/mol. The number of H-pyrrole nitrogens is 1. The Hall–Kier alpha value is -1.85. The number of rotatable bonds is 3. The van der Waals surface area contributed by atoms with Crippen LogP contribution in [0.3, 0.4) is 0 Å². The first-order valence-corrected chi connectivity index (χ1v) is 7.79. The van der Waals surface area contributed by atoms with Crippen LogP contribution in [0.4, 0.5) is 0 Å². The van der Waals surface area contributed by atoms with E-state index >= 15 is 0 Å². The number of nitrogens with one attached hydrogen (secondary N) is 1.